The van der Waals surface area contributed by atoms with Crippen LogP contribution in [0.1, 0.15) is 5.56 Å². The molecule has 0 bridgehead atoms. The first-order valence-corrected chi connectivity index (χ1v) is 16.2. The van der Waals surface area contributed by atoms with Gasteiger partial charge in [0.2, 0.25) is 0 Å². The molecule has 13 heteroatoms. The average molecular weight is 1190 g/mol. The van der Waals surface area contributed by atoms with E-state index in [4.69, 9.17) is 0 Å². The van der Waals surface area contributed by atoms with Crippen LogP contribution in [-0.2, 0) is 3.23 Å². The molecule has 0 fully saturated rings. The van der Waals surface area contributed by atoms with Gasteiger partial charge in [0.1, 0.15) is 16.2 Å². The van der Waals surface area contributed by atoms with Crippen molar-refractivity contribution in [3.8, 4) is 0 Å². The number of hydrogen-bond donors (Lipinski definition) is 0. The van der Waals surface area contributed by atoms with E-state index in [0.29, 0.717) is 0 Å². The first kappa shape index (κ1) is 28.5. The van der Waals surface area contributed by atoms with Crippen molar-refractivity contribution in [3.05, 3.63) is 35.9 Å². The van der Waals surface area contributed by atoms with E-state index in [2.05, 4.69) is 207 Å². The average Bonchev–Trinajstić information content (AvgIpc) is 2.46. The highest BCUT2D eigenvalue weighted by molar-refractivity contribution is 9.42. The third-order valence-electron chi connectivity index (χ3n) is 3.07. The maximum atomic E-state index is 3.84. The fourth-order valence-electron chi connectivity index (χ4n) is 1.60. The summed E-state index contributed by atoms with van der Waals surface area (Å²) < 4.78 is -4.77. The Bertz CT molecular complexity index is 599. The Kier molecular flexibility index (Phi) is 11.1. The highest BCUT2D eigenvalue weighted by atomic mass is 80.0. The van der Waals surface area contributed by atoms with E-state index in [-0.39, 0.29) is 0 Å². The minimum atomic E-state index is -0.865. The van der Waals surface area contributed by atoms with Crippen LogP contribution in [0.2, 0.25) is 0 Å². The summed E-state index contributed by atoms with van der Waals surface area (Å²) in [6.45, 7) is 0. The van der Waals surface area contributed by atoms with Crippen LogP contribution in [0.15, 0.2) is 30.3 Å². The molecular formula is C12H5Br13. The van der Waals surface area contributed by atoms with E-state index in [0.717, 1.165) is 5.56 Å². The predicted octanol–water partition coefficient (Wildman–Crippen LogP) is 11.4. The monoisotopic (exact) mass is 1170 g/mol. The number of rotatable bonds is 5. The number of alkyl halides is 13. The van der Waals surface area contributed by atoms with Crippen molar-refractivity contribution < 1.29 is 0 Å². The molecule has 0 radical (unpaired) electrons. The van der Waals surface area contributed by atoms with Gasteiger partial charge in [0.05, 0.1) is 0 Å². The molecule has 25 heavy (non-hydrogen) atoms. The topological polar surface area (TPSA) is 0 Å². The lowest BCUT2D eigenvalue weighted by Gasteiger charge is -2.54. The summed E-state index contributed by atoms with van der Waals surface area (Å²) in [6, 6.07) is 9.94. The molecule has 0 spiro atoms. The van der Waals surface area contributed by atoms with Crippen LogP contribution in [-0.4, -0.2) is 15.1 Å². The van der Waals surface area contributed by atoms with Gasteiger partial charge >= 0.3 is 0 Å². The summed E-state index contributed by atoms with van der Waals surface area (Å²) in [4.78, 5) is 0. The Morgan fingerprint density at radius 3 is 1.16 bits per heavy atom. The first-order chi connectivity index (χ1) is 10.9. The molecule has 144 valence electrons. The van der Waals surface area contributed by atoms with Crippen LogP contribution in [0.4, 0.5) is 0 Å². The number of benzene rings is 1. The molecule has 0 nitrogen and oxygen atoms in total. The minimum absolute atomic E-state index is 0.711. The first-order valence-electron chi connectivity index (χ1n) is 5.87. The third kappa shape index (κ3) is 5.35. The Morgan fingerprint density at radius 2 is 0.800 bits per heavy atom. The Labute approximate surface area is 256 Å². The quantitative estimate of drug-likeness (QED) is 0.258. The predicted molar refractivity (Wildman–Crippen MR) is 158 cm³/mol. The second-order valence-electron chi connectivity index (χ2n) is 4.74. The number of halogens is 13. The highest BCUT2D eigenvalue weighted by Crippen LogP contribution is 2.75. The third-order valence-corrected chi connectivity index (χ3v) is 28.2. The van der Waals surface area contributed by atoms with E-state index < -0.39 is 18.3 Å². The van der Waals surface area contributed by atoms with E-state index in [1.165, 1.54) is 0 Å². The Balaban J connectivity index is 3.54. The summed E-state index contributed by atoms with van der Waals surface area (Å²) in [7, 11) is 0. The van der Waals surface area contributed by atoms with Gasteiger partial charge in [-0.3, -0.25) is 0 Å². The summed E-state index contributed by atoms with van der Waals surface area (Å²) in [5.41, 5.74) is 1.00. The zero-order valence-electron chi connectivity index (χ0n) is 11.3. The molecule has 0 N–H and O–H groups in total. The summed E-state index contributed by atoms with van der Waals surface area (Å²) >= 11 is 48.7. The van der Waals surface area contributed by atoms with Gasteiger partial charge in [0.15, 0.2) is 2.14 Å². The van der Waals surface area contributed by atoms with E-state index >= 15 is 0 Å². The molecule has 0 aliphatic heterocycles. The second kappa shape index (κ2) is 9.75. The van der Waals surface area contributed by atoms with Gasteiger partial charge in [-0.2, -0.15) is 0 Å². The molecule has 1 aromatic rings. The van der Waals surface area contributed by atoms with Crippen LogP contribution < -0.4 is 0 Å². The van der Waals surface area contributed by atoms with Crippen LogP contribution in [0.3, 0.4) is 0 Å². The Hall–Kier alpha value is 5.46. The molecular weight excluding hydrogens is 1180 g/mol. The van der Waals surface area contributed by atoms with Crippen molar-refractivity contribution >= 4 is 207 Å². The van der Waals surface area contributed by atoms with Gasteiger partial charge in [0.25, 0.3) is 0 Å². The smallest absolute Gasteiger partial charge is 0.0675 e. The standard InChI is InChI=1S/C12H5Br13/c13-7(14,6-4-2-1-3-5-6)8(15,16)9(17,18)10(19,20)11(21,22)12(23,24)25/h1-5H. The molecule has 0 heterocycles. The zero-order valence-corrected chi connectivity index (χ0v) is 31.9. The normalized spacial score (nSPS) is 15.4. The molecule has 1 rings (SSSR count). The molecule has 0 saturated carbocycles. The van der Waals surface area contributed by atoms with E-state index in [1.54, 1.807) is 0 Å². The van der Waals surface area contributed by atoms with Crippen LogP contribution in [0, 0.1) is 0 Å². The molecule has 0 aliphatic rings. The van der Waals surface area contributed by atoms with E-state index in [1.807, 2.05) is 30.3 Å². The van der Waals surface area contributed by atoms with Crippen molar-refractivity contribution in [2.75, 3.05) is 0 Å². The molecule has 0 saturated heterocycles. The van der Waals surface area contributed by atoms with Crippen molar-refractivity contribution in [1.82, 2.24) is 0 Å². The lowest BCUT2D eigenvalue weighted by molar-refractivity contribution is 0.633. The number of hydrogen-bond acceptors (Lipinski definition) is 0. The molecule has 0 unspecified atom stereocenters. The maximum Gasteiger partial charge on any atom is 0.162 e. The summed E-state index contributed by atoms with van der Waals surface area (Å²) in [5, 5.41) is 0. The van der Waals surface area contributed by atoms with Crippen molar-refractivity contribution in [2.24, 2.45) is 0 Å². The molecule has 0 atom stereocenters. The second-order valence-corrected chi connectivity index (χ2v) is 28.7. The van der Waals surface area contributed by atoms with E-state index in [9.17, 15) is 0 Å². The fraction of sp³-hybridized carbons (Fsp3) is 0.500. The van der Waals surface area contributed by atoms with Gasteiger partial charge in [-0.1, -0.05) is 237 Å². The van der Waals surface area contributed by atoms with Crippen LogP contribution in [0.25, 0.3) is 0 Å². The van der Waals surface area contributed by atoms with Crippen LogP contribution in [0.5, 0.6) is 0 Å². The Morgan fingerprint density at radius 1 is 0.440 bits per heavy atom. The lowest BCUT2D eigenvalue weighted by Crippen LogP contribution is -2.62. The fourth-order valence-corrected chi connectivity index (χ4v) is 12.4. The zero-order chi connectivity index (χ0) is 20.1. The van der Waals surface area contributed by atoms with Gasteiger partial charge in [-0.05, 0) is 5.56 Å². The summed E-state index contributed by atoms with van der Waals surface area (Å²) in [6.07, 6.45) is 0. The molecule has 0 aromatic heterocycles. The molecule has 0 amide bonds. The lowest BCUT2D eigenvalue weighted by atomic mass is 10.1. The largest absolute Gasteiger partial charge is 0.162 e. The van der Waals surface area contributed by atoms with Crippen molar-refractivity contribution in [2.45, 2.75) is 18.3 Å². The van der Waals surface area contributed by atoms with Crippen molar-refractivity contribution in [3.63, 3.8) is 0 Å². The van der Waals surface area contributed by atoms with Gasteiger partial charge in [-0.15, -0.1) is 0 Å². The van der Waals surface area contributed by atoms with Gasteiger partial charge in [-0.25, -0.2) is 0 Å². The SMILES string of the molecule is BrC(Br)(Br)C(Br)(Br)C(Br)(Br)C(Br)(Br)C(Br)(Br)C(Br)(Br)c1ccccc1. The maximum absolute atomic E-state index is 3.84. The molecule has 1 aromatic carbocycles. The molecule has 0 aliphatic carbocycles. The minimum Gasteiger partial charge on any atom is -0.0675 e. The van der Waals surface area contributed by atoms with Gasteiger partial charge < -0.3 is 0 Å². The van der Waals surface area contributed by atoms with Crippen LogP contribution >= 0.6 is 207 Å². The van der Waals surface area contributed by atoms with Gasteiger partial charge in [0, 0.05) is 0 Å². The highest BCUT2D eigenvalue weighted by Gasteiger charge is 2.73. The van der Waals surface area contributed by atoms with Crippen molar-refractivity contribution in [1.29, 1.82) is 0 Å². The summed E-state index contributed by atoms with van der Waals surface area (Å²) in [5.74, 6) is 0.